The maximum absolute atomic E-state index is 12.6. The third kappa shape index (κ3) is 1.79. The van der Waals surface area contributed by atoms with Crippen molar-refractivity contribution < 1.29 is 24.5 Å². The molecule has 0 aromatic rings. The van der Waals surface area contributed by atoms with Gasteiger partial charge in [-0.05, 0) is 49.4 Å². The zero-order valence-corrected chi connectivity index (χ0v) is 16.6. The first-order chi connectivity index (χ1) is 12.5. The van der Waals surface area contributed by atoms with Gasteiger partial charge in [0.05, 0.1) is 23.7 Å². The number of rotatable bonds is 2. The van der Waals surface area contributed by atoms with Gasteiger partial charge >= 0.3 is 5.97 Å². The molecule has 5 aliphatic rings. The third-order valence-corrected chi connectivity index (χ3v) is 9.40. The Morgan fingerprint density at radius 1 is 1.30 bits per heavy atom. The molecule has 0 radical (unpaired) electrons. The molecule has 0 aromatic heterocycles. The molecule has 0 amide bonds. The Morgan fingerprint density at radius 2 is 2.00 bits per heavy atom. The number of fused-ring (bicyclic) bond motifs is 4. The average Bonchev–Trinajstić information content (AvgIpc) is 2.90. The minimum atomic E-state index is -0.814. The van der Waals surface area contributed by atoms with Crippen LogP contribution in [0.15, 0.2) is 11.6 Å². The lowest BCUT2D eigenvalue weighted by Crippen LogP contribution is -2.61. The first-order valence-electron chi connectivity index (χ1n) is 10.3. The van der Waals surface area contributed by atoms with E-state index in [2.05, 4.69) is 19.9 Å². The number of carbonyl (C=O) groups excluding carboxylic acids is 1. The Balaban J connectivity index is 1.72. The van der Waals surface area contributed by atoms with Crippen LogP contribution < -0.4 is 0 Å². The highest BCUT2D eigenvalue weighted by molar-refractivity contribution is 5.77. The normalized spacial score (nSPS) is 57.0. The van der Waals surface area contributed by atoms with Gasteiger partial charge in [0.1, 0.15) is 6.29 Å². The second-order valence-electron chi connectivity index (χ2n) is 10.9. The number of ether oxygens (including phenoxy) is 1. The van der Waals surface area contributed by atoms with Crippen LogP contribution in [0.4, 0.5) is 0 Å². The van der Waals surface area contributed by atoms with Crippen molar-refractivity contribution in [3.63, 3.8) is 0 Å². The summed E-state index contributed by atoms with van der Waals surface area (Å²) in [5.41, 5.74) is -1.19. The molecule has 2 bridgehead atoms. The molecule has 2 N–H and O–H groups in total. The van der Waals surface area contributed by atoms with Crippen molar-refractivity contribution in [1.82, 2.24) is 0 Å². The summed E-state index contributed by atoms with van der Waals surface area (Å²) >= 11 is 0. The molecule has 1 saturated heterocycles. The lowest BCUT2D eigenvalue weighted by molar-refractivity contribution is -0.211. The minimum Gasteiger partial charge on any atom is -0.481 e. The van der Waals surface area contributed by atoms with Crippen molar-refractivity contribution in [2.24, 2.45) is 39.9 Å². The number of hydrogen-bond donors (Lipinski definition) is 2. The number of carboxylic acids is 1. The summed E-state index contributed by atoms with van der Waals surface area (Å²) in [4.78, 5) is 25.0. The molecule has 5 rings (SSSR count). The van der Waals surface area contributed by atoms with Crippen LogP contribution in [-0.4, -0.2) is 40.3 Å². The quantitative estimate of drug-likeness (QED) is 0.574. The van der Waals surface area contributed by atoms with Gasteiger partial charge in [0.25, 0.3) is 0 Å². The monoisotopic (exact) mass is 374 g/mol. The predicted molar refractivity (Wildman–Crippen MR) is 97.8 cm³/mol. The van der Waals surface area contributed by atoms with Crippen molar-refractivity contribution in [3.8, 4) is 0 Å². The summed E-state index contributed by atoms with van der Waals surface area (Å²) in [5.74, 6) is -1.55. The molecule has 1 spiro atoms. The molecule has 4 fully saturated rings. The van der Waals surface area contributed by atoms with Crippen LogP contribution in [0, 0.1) is 39.9 Å². The molecule has 1 heterocycles. The Labute approximate surface area is 160 Å². The summed E-state index contributed by atoms with van der Waals surface area (Å²) in [7, 11) is 0. The predicted octanol–water partition coefficient (Wildman–Crippen LogP) is 2.81. The molecule has 9 atom stereocenters. The van der Waals surface area contributed by atoms with E-state index in [1.807, 2.05) is 13.8 Å². The molecule has 148 valence electrons. The maximum atomic E-state index is 12.6. The van der Waals surface area contributed by atoms with Gasteiger partial charge in [-0.25, -0.2) is 0 Å². The number of carboxylic acid groups (broad SMARTS) is 1. The molecule has 0 aromatic carbocycles. The van der Waals surface area contributed by atoms with Crippen molar-refractivity contribution in [3.05, 3.63) is 11.6 Å². The summed E-state index contributed by atoms with van der Waals surface area (Å²) in [6.45, 7) is 8.08. The van der Waals surface area contributed by atoms with Gasteiger partial charge in [-0.2, -0.15) is 0 Å². The van der Waals surface area contributed by atoms with E-state index in [1.54, 1.807) is 0 Å². The fourth-order valence-electron chi connectivity index (χ4n) is 8.33. The summed E-state index contributed by atoms with van der Waals surface area (Å²) in [6, 6.07) is 0. The Kier molecular flexibility index (Phi) is 3.21. The molecule has 1 aliphatic heterocycles. The molecular weight excluding hydrogens is 344 g/mol. The van der Waals surface area contributed by atoms with Gasteiger partial charge in [-0.1, -0.05) is 32.4 Å². The van der Waals surface area contributed by atoms with Crippen LogP contribution in [-0.2, 0) is 14.3 Å². The Morgan fingerprint density at radius 3 is 2.59 bits per heavy atom. The van der Waals surface area contributed by atoms with Crippen LogP contribution in [0.3, 0.4) is 0 Å². The highest BCUT2D eigenvalue weighted by Gasteiger charge is 2.76. The third-order valence-electron chi connectivity index (χ3n) is 9.40. The van der Waals surface area contributed by atoms with E-state index in [0.717, 1.165) is 18.3 Å². The fraction of sp³-hybridized carbons (Fsp3) is 0.818. The first-order valence-corrected chi connectivity index (χ1v) is 10.3. The molecule has 27 heavy (non-hydrogen) atoms. The van der Waals surface area contributed by atoms with E-state index in [1.165, 1.54) is 0 Å². The molecule has 4 aliphatic carbocycles. The second kappa shape index (κ2) is 4.85. The van der Waals surface area contributed by atoms with E-state index in [9.17, 15) is 19.8 Å². The van der Waals surface area contributed by atoms with E-state index < -0.39 is 28.3 Å². The SMILES string of the molecule is CC1O[C@@H]2C=C3[C@H]([C@H](C(=O)O)[C@]45CC(C)(C)[C@](O)(CC[C@@H]34)C5)[C@](C)(C=O)[C@@H]12. The maximum Gasteiger partial charge on any atom is 0.307 e. The van der Waals surface area contributed by atoms with Crippen LogP contribution in [0.2, 0.25) is 0 Å². The van der Waals surface area contributed by atoms with Gasteiger partial charge in [-0.3, -0.25) is 4.79 Å². The number of allylic oxidation sites excluding steroid dienone is 1. The van der Waals surface area contributed by atoms with Crippen LogP contribution in [0.25, 0.3) is 0 Å². The standard InChI is InChI=1S/C22H30O5/c1-11-15-14(27-11)7-12-13-5-6-22(26)9-21(13,8-19(22,2)3)17(18(24)25)16(12)20(15,4)10-23/h7,10-11,13-17,26H,5-6,8-9H2,1-4H3,(H,24,25)/t11?,13-,14+,15-,16+,17+,20+,21-,22-/m0/s1. The number of aliphatic hydroxyl groups is 1. The Bertz CT molecular complexity index is 767. The smallest absolute Gasteiger partial charge is 0.307 e. The average molecular weight is 374 g/mol. The van der Waals surface area contributed by atoms with E-state index >= 15 is 0 Å². The van der Waals surface area contributed by atoms with Crippen molar-refractivity contribution >= 4 is 12.3 Å². The van der Waals surface area contributed by atoms with E-state index in [4.69, 9.17) is 4.74 Å². The number of aldehydes is 1. The van der Waals surface area contributed by atoms with Crippen molar-refractivity contribution in [2.45, 2.75) is 71.2 Å². The zero-order chi connectivity index (χ0) is 19.6. The largest absolute Gasteiger partial charge is 0.481 e. The van der Waals surface area contributed by atoms with Gasteiger partial charge in [0.2, 0.25) is 0 Å². The fourth-order valence-corrected chi connectivity index (χ4v) is 8.33. The minimum absolute atomic E-state index is 0.0328. The second-order valence-corrected chi connectivity index (χ2v) is 10.9. The van der Waals surface area contributed by atoms with Crippen molar-refractivity contribution in [2.75, 3.05) is 0 Å². The van der Waals surface area contributed by atoms with Crippen LogP contribution in [0.1, 0.15) is 53.4 Å². The summed E-state index contributed by atoms with van der Waals surface area (Å²) in [6.07, 6.45) is 5.79. The molecule has 3 saturated carbocycles. The summed E-state index contributed by atoms with van der Waals surface area (Å²) < 4.78 is 5.93. The Hall–Kier alpha value is -1.20. The van der Waals surface area contributed by atoms with Gasteiger partial charge < -0.3 is 19.7 Å². The lowest BCUT2D eigenvalue weighted by Gasteiger charge is -2.56. The topological polar surface area (TPSA) is 83.8 Å². The highest BCUT2D eigenvalue weighted by Crippen LogP contribution is 2.76. The number of aliphatic carboxylic acids is 1. The van der Waals surface area contributed by atoms with Crippen molar-refractivity contribution in [1.29, 1.82) is 0 Å². The van der Waals surface area contributed by atoms with Gasteiger partial charge in [0.15, 0.2) is 0 Å². The van der Waals surface area contributed by atoms with Gasteiger partial charge in [0, 0.05) is 17.3 Å². The number of hydrogen-bond acceptors (Lipinski definition) is 4. The number of carbonyl (C=O) groups is 2. The first kappa shape index (κ1) is 17.9. The van der Waals surface area contributed by atoms with Crippen LogP contribution in [0.5, 0.6) is 0 Å². The lowest BCUT2D eigenvalue weighted by atomic mass is 9.55. The molecule has 5 heteroatoms. The van der Waals surface area contributed by atoms with E-state index in [-0.39, 0.29) is 35.4 Å². The summed E-state index contributed by atoms with van der Waals surface area (Å²) in [5, 5.41) is 21.7. The molecule has 5 nitrogen and oxygen atoms in total. The molecular formula is C22H30O5. The van der Waals surface area contributed by atoms with Crippen LogP contribution >= 0.6 is 0 Å². The van der Waals surface area contributed by atoms with Gasteiger partial charge in [-0.15, -0.1) is 0 Å². The van der Waals surface area contributed by atoms with E-state index in [0.29, 0.717) is 19.3 Å². The highest BCUT2D eigenvalue weighted by atomic mass is 16.5. The zero-order valence-electron chi connectivity index (χ0n) is 16.6. The molecule has 1 unspecified atom stereocenters.